The summed E-state index contributed by atoms with van der Waals surface area (Å²) in [5.74, 6) is -1.43. The lowest BCUT2D eigenvalue weighted by Crippen LogP contribution is -2.34. The van der Waals surface area contributed by atoms with Crippen molar-refractivity contribution in [3.8, 4) is 0 Å². The van der Waals surface area contributed by atoms with Crippen LogP contribution in [0.1, 0.15) is 44.6 Å². The van der Waals surface area contributed by atoms with Gasteiger partial charge in [0, 0.05) is 6.54 Å². The summed E-state index contributed by atoms with van der Waals surface area (Å²) in [7, 11) is 0. The number of amides is 1. The van der Waals surface area contributed by atoms with Crippen molar-refractivity contribution in [2.45, 2.75) is 45.4 Å². The van der Waals surface area contributed by atoms with Crippen LogP contribution in [-0.4, -0.2) is 25.0 Å². The average Bonchev–Trinajstić information content (AvgIpc) is 2.51. The smallest absolute Gasteiger partial charge is 0.396 e. The third-order valence-corrected chi connectivity index (χ3v) is 3.21. The van der Waals surface area contributed by atoms with E-state index in [-0.39, 0.29) is 0 Å². The minimum atomic E-state index is -0.779. The van der Waals surface area contributed by atoms with Crippen molar-refractivity contribution in [1.29, 1.82) is 0 Å². The first-order valence-electron chi connectivity index (χ1n) is 7.73. The number of esters is 1. The highest BCUT2D eigenvalue weighted by Gasteiger charge is 2.13. The first-order valence-corrected chi connectivity index (χ1v) is 7.73. The molecule has 21 heavy (non-hydrogen) atoms. The highest BCUT2D eigenvalue weighted by atomic mass is 16.5. The second-order valence-corrected chi connectivity index (χ2v) is 5.04. The summed E-state index contributed by atoms with van der Waals surface area (Å²) in [6.45, 7) is 2.92. The second kappa shape index (κ2) is 10.9. The zero-order valence-electron chi connectivity index (χ0n) is 12.8. The fourth-order valence-corrected chi connectivity index (χ4v) is 1.97. The third kappa shape index (κ3) is 8.12. The molecule has 0 spiro atoms. The second-order valence-electron chi connectivity index (χ2n) is 5.04. The summed E-state index contributed by atoms with van der Waals surface area (Å²) in [6, 6.07) is 9.81. The van der Waals surface area contributed by atoms with Crippen LogP contribution in [0.25, 0.3) is 0 Å². The Morgan fingerprint density at radius 2 is 1.76 bits per heavy atom. The van der Waals surface area contributed by atoms with E-state index in [1.165, 1.54) is 12.8 Å². The average molecular weight is 291 g/mol. The Morgan fingerprint density at radius 3 is 2.48 bits per heavy atom. The Labute approximate surface area is 126 Å². The molecule has 1 aromatic carbocycles. The molecule has 0 aliphatic heterocycles. The molecule has 0 fully saturated rings. The molecule has 0 radical (unpaired) electrons. The van der Waals surface area contributed by atoms with Gasteiger partial charge >= 0.3 is 11.9 Å². The number of carbonyl (C=O) groups excluding carboxylic acids is 2. The van der Waals surface area contributed by atoms with Crippen LogP contribution in [0, 0.1) is 0 Å². The van der Waals surface area contributed by atoms with Crippen LogP contribution in [-0.2, 0) is 20.7 Å². The van der Waals surface area contributed by atoms with E-state index >= 15 is 0 Å². The lowest BCUT2D eigenvalue weighted by Gasteiger charge is -2.06. The number of unbranched alkanes of at least 4 members (excludes halogenated alkanes) is 4. The van der Waals surface area contributed by atoms with Crippen molar-refractivity contribution in [2.75, 3.05) is 13.2 Å². The quantitative estimate of drug-likeness (QED) is 0.432. The SMILES string of the molecule is CCCCCCCOC(=O)C(=O)NCCc1ccccc1. The van der Waals surface area contributed by atoms with E-state index in [0.717, 1.165) is 24.8 Å². The standard InChI is InChI=1S/C17H25NO3/c1-2-3-4-5-9-14-21-17(20)16(19)18-13-12-15-10-7-6-8-11-15/h6-8,10-11H,2-5,9,12-14H2,1H3,(H,18,19). The maximum absolute atomic E-state index is 11.5. The summed E-state index contributed by atoms with van der Waals surface area (Å²) >= 11 is 0. The zero-order valence-corrected chi connectivity index (χ0v) is 12.8. The molecular weight excluding hydrogens is 266 g/mol. The van der Waals surface area contributed by atoms with E-state index < -0.39 is 11.9 Å². The zero-order chi connectivity index (χ0) is 15.3. The van der Waals surface area contributed by atoms with E-state index in [1.807, 2.05) is 30.3 Å². The minimum absolute atomic E-state index is 0.328. The topological polar surface area (TPSA) is 55.4 Å². The van der Waals surface area contributed by atoms with Gasteiger partial charge in [-0.2, -0.15) is 0 Å². The van der Waals surface area contributed by atoms with Crippen molar-refractivity contribution in [3.05, 3.63) is 35.9 Å². The highest BCUT2D eigenvalue weighted by molar-refractivity contribution is 6.32. The largest absolute Gasteiger partial charge is 0.459 e. The molecule has 0 heterocycles. The van der Waals surface area contributed by atoms with Gasteiger partial charge in [0.15, 0.2) is 0 Å². The Kier molecular flexibility index (Phi) is 8.93. The van der Waals surface area contributed by atoms with E-state index in [1.54, 1.807) is 0 Å². The van der Waals surface area contributed by atoms with Crippen LogP contribution < -0.4 is 5.32 Å². The molecule has 0 saturated heterocycles. The van der Waals surface area contributed by atoms with Crippen molar-refractivity contribution in [3.63, 3.8) is 0 Å². The van der Waals surface area contributed by atoms with Gasteiger partial charge in [0.05, 0.1) is 6.61 Å². The summed E-state index contributed by atoms with van der Waals surface area (Å²) in [6.07, 6.45) is 6.10. The number of ether oxygens (including phenoxy) is 1. The molecule has 1 N–H and O–H groups in total. The Balaban J connectivity index is 2.07. The van der Waals surface area contributed by atoms with E-state index in [0.29, 0.717) is 19.6 Å². The Morgan fingerprint density at radius 1 is 1.05 bits per heavy atom. The molecule has 4 nitrogen and oxygen atoms in total. The normalized spacial score (nSPS) is 10.1. The maximum atomic E-state index is 11.5. The third-order valence-electron chi connectivity index (χ3n) is 3.21. The molecule has 1 amide bonds. The van der Waals surface area contributed by atoms with Gasteiger partial charge in [-0.1, -0.05) is 62.9 Å². The van der Waals surface area contributed by atoms with Gasteiger partial charge < -0.3 is 10.1 Å². The van der Waals surface area contributed by atoms with E-state index in [9.17, 15) is 9.59 Å². The molecule has 4 heteroatoms. The first kappa shape index (κ1) is 17.2. The summed E-state index contributed by atoms with van der Waals surface area (Å²) < 4.78 is 4.94. The number of carbonyl (C=O) groups is 2. The molecule has 0 aromatic heterocycles. The monoisotopic (exact) mass is 291 g/mol. The lowest BCUT2D eigenvalue weighted by molar-refractivity contribution is -0.155. The molecule has 0 aliphatic rings. The Bertz CT molecular complexity index is 417. The molecule has 0 unspecified atom stereocenters. The van der Waals surface area contributed by atoms with Gasteiger partial charge in [0.25, 0.3) is 0 Å². The van der Waals surface area contributed by atoms with E-state index in [2.05, 4.69) is 12.2 Å². The first-order chi connectivity index (χ1) is 10.2. The number of benzene rings is 1. The van der Waals surface area contributed by atoms with Crippen LogP contribution in [0.15, 0.2) is 30.3 Å². The molecule has 0 bridgehead atoms. The number of hydrogen-bond acceptors (Lipinski definition) is 3. The molecular formula is C17H25NO3. The number of nitrogens with one attached hydrogen (secondary N) is 1. The van der Waals surface area contributed by atoms with Crippen molar-refractivity contribution < 1.29 is 14.3 Å². The highest BCUT2D eigenvalue weighted by Crippen LogP contribution is 2.02. The number of hydrogen-bond donors (Lipinski definition) is 1. The van der Waals surface area contributed by atoms with Gasteiger partial charge in [-0.15, -0.1) is 0 Å². The van der Waals surface area contributed by atoms with Crippen LogP contribution in [0.2, 0.25) is 0 Å². The van der Waals surface area contributed by atoms with Crippen LogP contribution >= 0.6 is 0 Å². The summed E-state index contributed by atoms with van der Waals surface area (Å²) in [5.41, 5.74) is 1.13. The van der Waals surface area contributed by atoms with Crippen molar-refractivity contribution >= 4 is 11.9 Å². The van der Waals surface area contributed by atoms with Gasteiger partial charge in [-0.05, 0) is 18.4 Å². The summed E-state index contributed by atoms with van der Waals surface area (Å²) in [4.78, 5) is 23.0. The predicted molar refractivity (Wildman–Crippen MR) is 82.9 cm³/mol. The van der Waals surface area contributed by atoms with Crippen molar-refractivity contribution in [2.24, 2.45) is 0 Å². The molecule has 0 aliphatic carbocycles. The summed E-state index contributed by atoms with van der Waals surface area (Å²) in [5, 5.41) is 2.58. The van der Waals surface area contributed by atoms with Gasteiger partial charge in [0.2, 0.25) is 0 Å². The van der Waals surface area contributed by atoms with E-state index in [4.69, 9.17) is 4.74 Å². The van der Waals surface area contributed by atoms with Crippen molar-refractivity contribution in [1.82, 2.24) is 5.32 Å². The number of rotatable bonds is 9. The Hall–Kier alpha value is -1.84. The van der Waals surface area contributed by atoms with Crippen LogP contribution in [0.5, 0.6) is 0 Å². The predicted octanol–water partition coefficient (Wildman–Crippen LogP) is 2.86. The molecule has 0 saturated carbocycles. The molecule has 1 rings (SSSR count). The van der Waals surface area contributed by atoms with Gasteiger partial charge in [-0.3, -0.25) is 4.79 Å². The molecule has 0 atom stereocenters. The molecule has 1 aromatic rings. The van der Waals surface area contributed by atoms with Crippen LogP contribution in [0.3, 0.4) is 0 Å². The van der Waals surface area contributed by atoms with Gasteiger partial charge in [-0.25, -0.2) is 4.79 Å². The maximum Gasteiger partial charge on any atom is 0.396 e. The lowest BCUT2D eigenvalue weighted by atomic mass is 10.1. The van der Waals surface area contributed by atoms with Gasteiger partial charge in [0.1, 0.15) is 0 Å². The minimum Gasteiger partial charge on any atom is -0.459 e. The van der Waals surface area contributed by atoms with Crippen LogP contribution in [0.4, 0.5) is 0 Å². The fraction of sp³-hybridized carbons (Fsp3) is 0.529. The fourth-order valence-electron chi connectivity index (χ4n) is 1.97. The molecule has 116 valence electrons.